The Morgan fingerprint density at radius 1 is 1.33 bits per heavy atom. The Labute approximate surface area is 155 Å². The SMILES string of the molecule is CSN1C(=O)C(c2ccc(Cl)cc2Cl)=C(OC(=O)C2CC2)C1(C)C. The highest BCUT2D eigenvalue weighted by molar-refractivity contribution is 7.96. The molecule has 0 unspecified atom stereocenters. The molecule has 1 amide bonds. The van der Waals surface area contributed by atoms with Crippen molar-refractivity contribution in [3.8, 4) is 0 Å². The molecule has 0 N–H and O–H groups in total. The predicted molar refractivity (Wildman–Crippen MR) is 96.6 cm³/mol. The van der Waals surface area contributed by atoms with Crippen LogP contribution in [0.5, 0.6) is 0 Å². The van der Waals surface area contributed by atoms with Gasteiger partial charge in [-0.2, -0.15) is 0 Å². The summed E-state index contributed by atoms with van der Waals surface area (Å²) in [6.45, 7) is 3.71. The first kappa shape index (κ1) is 17.6. The molecule has 24 heavy (non-hydrogen) atoms. The van der Waals surface area contributed by atoms with Crippen molar-refractivity contribution in [1.82, 2.24) is 4.31 Å². The average Bonchev–Trinajstić information content (AvgIpc) is 3.30. The monoisotopic (exact) mass is 385 g/mol. The van der Waals surface area contributed by atoms with Gasteiger partial charge in [0.15, 0.2) is 0 Å². The number of hydrogen-bond acceptors (Lipinski definition) is 4. The molecule has 1 aliphatic carbocycles. The summed E-state index contributed by atoms with van der Waals surface area (Å²) in [5.41, 5.74) is 0.0959. The van der Waals surface area contributed by atoms with Crippen molar-refractivity contribution in [3.05, 3.63) is 39.6 Å². The molecular formula is C17H17Cl2NO3S. The summed E-state index contributed by atoms with van der Waals surface area (Å²) in [5, 5.41) is 0.830. The second-order valence-electron chi connectivity index (χ2n) is 6.36. The molecule has 3 rings (SSSR count). The summed E-state index contributed by atoms with van der Waals surface area (Å²) < 4.78 is 7.28. The first-order valence-corrected chi connectivity index (χ1v) is 9.51. The van der Waals surface area contributed by atoms with Gasteiger partial charge in [-0.3, -0.25) is 13.9 Å². The number of hydrogen-bond donors (Lipinski definition) is 0. The van der Waals surface area contributed by atoms with Gasteiger partial charge in [0.2, 0.25) is 0 Å². The molecule has 0 bridgehead atoms. The molecule has 1 aromatic carbocycles. The van der Waals surface area contributed by atoms with Crippen LogP contribution >= 0.6 is 35.1 Å². The number of ether oxygens (including phenoxy) is 1. The predicted octanol–water partition coefficient (Wildman–Crippen LogP) is 4.56. The van der Waals surface area contributed by atoms with Crippen LogP contribution in [0.15, 0.2) is 24.0 Å². The Kier molecular flexibility index (Phi) is 4.62. The average molecular weight is 386 g/mol. The van der Waals surface area contributed by atoms with Gasteiger partial charge < -0.3 is 4.74 Å². The van der Waals surface area contributed by atoms with E-state index >= 15 is 0 Å². The second-order valence-corrected chi connectivity index (χ2v) is 7.94. The van der Waals surface area contributed by atoms with Crippen LogP contribution in [0.25, 0.3) is 5.57 Å². The molecule has 4 nitrogen and oxygen atoms in total. The van der Waals surface area contributed by atoms with Gasteiger partial charge in [0, 0.05) is 16.8 Å². The van der Waals surface area contributed by atoms with Gasteiger partial charge in [-0.25, -0.2) is 0 Å². The van der Waals surface area contributed by atoms with Crippen molar-refractivity contribution in [3.63, 3.8) is 0 Å². The van der Waals surface area contributed by atoms with Gasteiger partial charge in [-0.15, -0.1) is 0 Å². The van der Waals surface area contributed by atoms with E-state index in [1.54, 1.807) is 22.5 Å². The third kappa shape index (κ3) is 2.93. The van der Waals surface area contributed by atoms with Crippen molar-refractivity contribution in [1.29, 1.82) is 0 Å². The fraction of sp³-hybridized carbons (Fsp3) is 0.412. The van der Waals surface area contributed by atoms with Crippen LogP contribution in [-0.2, 0) is 14.3 Å². The first-order valence-electron chi connectivity index (χ1n) is 7.58. The van der Waals surface area contributed by atoms with Crippen molar-refractivity contribution in [2.24, 2.45) is 5.92 Å². The molecule has 1 saturated carbocycles. The standard InChI is InChI=1S/C17H17Cl2NO3S/c1-17(2)14(23-16(22)9-4-5-9)13(15(21)20(17)24-3)11-7-6-10(18)8-12(11)19/h6-9H,4-5H2,1-3H3. The Hall–Kier alpha value is -1.17. The van der Waals surface area contributed by atoms with Gasteiger partial charge in [0.05, 0.1) is 16.5 Å². The maximum absolute atomic E-state index is 12.9. The summed E-state index contributed by atoms with van der Waals surface area (Å²) >= 11 is 13.5. The number of carbonyl (C=O) groups excluding carboxylic acids is 2. The smallest absolute Gasteiger partial charge is 0.314 e. The fourth-order valence-corrected chi connectivity index (χ4v) is 4.07. The Morgan fingerprint density at radius 2 is 2.00 bits per heavy atom. The summed E-state index contributed by atoms with van der Waals surface area (Å²) in [6, 6.07) is 4.93. The number of amides is 1. The highest BCUT2D eigenvalue weighted by Crippen LogP contribution is 2.46. The van der Waals surface area contributed by atoms with E-state index in [0.29, 0.717) is 26.9 Å². The summed E-state index contributed by atoms with van der Waals surface area (Å²) in [7, 11) is 0. The molecule has 0 spiro atoms. The van der Waals surface area contributed by atoms with E-state index in [-0.39, 0.29) is 17.8 Å². The summed E-state index contributed by atoms with van der Waals surface area (Å²) in [6.07, 6.45) is 3.49. The van der Waals surface area contributed by atoms with Crippen LogP contribution < -0.4 is 0 Å². The molecule has 2 aliphatic rings. The number of halogens is 2. The molecule has 0 radical (unpaired) electrons. The lowest BCUT2D eigenvalue weighted by Gasteiger charge is -2.30. The summed E-state index contributed by atoms with van der Waals surface area (Å²) in [5.74, 6) is -0.219. The zero-order valence-electron chi connectivity index (χ0n) is 13.6. The number of nitrogens with zero attached hydrogens (tertiary/aromatic N) is 1. The molecule has 0 saturated heterocycles. The zero-order valence-corrected chi connectivity index (χ0v) is 15.9. The van der Waals surface area contributed by atoms with Crippen LogP contribution in [0.3, 0.4) is 0 Å². The van der Waals surface area contributed by atoms with Gasteiger partial charge >= 0.3 is 5.97 Å². The van der Waals surface area contributed by atoms with Crippen LogP contribution in [0.1, 0.15) is 32.3 Å². The normalized spacial score (nSPS) is 19.9. The minimum Gasteiger partial charge on any atom is -0.427 e. The Balaban J connectivity index is 2.13. The summed E-state index contributed by atoms with van der Waals surface area (Å²) in [4.78, 5) is 25.2. The molecule has 1 aromatic rings. The number of benzene rings is 1. The third-order valence-corrected chi connectivity index (χ3v) is 5.72. The van der Waals surface area contributed by atoms with Crippen LogP contribution in [0.2, 0.25) is 10.0 Å². The highest BCUT2D eigenvalue weighted by Gasteiger charge is 2.49. The molecular weight excluding hydrogens is 369 g/mol. The van der Waals surface area contributed by atoms with E-state index in [1.807, 2.05) is 20.1 Å². The molecule has 0 aromatic heterocycles. The van der Waals surface area contributed by atoms with Crippen LogP contribution in [0.4, 0.5) is 0 Å². The lowest BCUT2D eigenvalue weighted by Crippen LogP contribution is -2.39. The van der Waals surface area contributed by atoms with E-state index < -0.39 is 5.54 Å². The maximum Gasteiger partial charge on any atom is 0.314 e. The molecule has 1 fully saturated rings. The van der Waals surface area contributed by atoms with Crippen molar-refractivity contribution in [2.45, 2.75) is 32.2 Å². The topological polar surface area (TPSA) is 46.6 Å². The minimum absolute atomic E-state index is 0.0614. The zero-order chi connectivity index (χ0) is 17.6. The van der Waals surface area contributed by atoms with Crippen molar-refractivity contribution >= 4 is 52.6 Å². The lowest BCUT2D eigenvalue weighted by molar-refractivity contribution is -0.142. The van der Waals surface area contributed by atoms with E-state index in [4.69, 9.17) is 27.9 Å². The quantitative estimate of drug-likeness (QED) is 0.562. The van der Waals surface area contributed by atoms with Gasteiger partial charge in [0.1, 0.15) is 11.3 Å². The van der Waals surface area contributed by atoms with E-state index in [1.165, 1.54) is 11.9 Å². The highest BCUT2D eigenvalue weighted by atomic mass is 35.5. The number of esters is 1. The lowest BCUT2D eigenvalue weighted by atomic mass is 9.99. The van der Waals surface area contributed by atoms with Crippen LogP contribution in [-0.4, -0.2) is 28.0 Å². The van der Waals surface area contributed by atoms with Gasteiger partial charge in [0.25, 0.3) is 5.91 Å². The minimum atomic E-state index is -0.751. The molecule has 1 aliphatic heterocycles. The molecule has 128 valence electrons. The van der Waals surface area contributed by atoms with Crippen LogP contribution in [0, 0.1) is 5.92 Å². The van der Waals surface area contributed by atoms with Crippen molar-refractivity contribution in [2.75, 3.05) is 6.26 Å². The second kappa shape index (κ2) is 6.28. The molecule has 7 heteroatoms. The van der Waals surface area contributed by atoms with Gasteiger partial charge in [-0.05, 0) is 50.8 Å². The Morgan fingerprint density at radius 3 is 2.54 bits per heavy atom. The fourth-order valence-electron chi connectivity index (χ4n) is 2.77. The third-order valence-electron chi connectivity index (χ3n) is 4.19. The number of carbonyl (C=O) groups is 2. The maximum atomic E-state index is 12.9. The molecule has 1 heterocycles. The van der Waals surface area contributed by atoms with E-state index in [2.05, 4.69) is 0 Å². The van der Waals surface area contributed by atoms with Gasteiger partial charge in [-0.1, -0.05) is 29.3 Å². The largest absolute Gasteiger partial charge is 0.427 e. The Bertz CT molecular complexity index is 756. The van der Waals surface area contributed by atoms with E-state index in [9.17, 15) is 9.59 Å². The molecule has 0 atom stereocenters. The number of rotatable bonds is 4. The van der Waals surface area contributed by atoms with E-state index in [0.717, 1.165) is 12.8 Å². The van der Waals surface area contributed by atoms with Crippen molar-refractivity contribution < 1.29 is 14.3 Å². The first-order chi connectivity index (χ1) is 11.3.